The Morgan fingerprint density at radius 1 is 1.10 bits per heavy atom. The van der Waals surface area contributed by atoms with Gasteiger partial charge in [-0.25, -0.2) is 10.2 Å². The van der Waals surface area contributed by atoms with Gasteiger partial charge in [-0.05, 0) is 29.8 Å². The molecule has 0 aliphatic heterocycles. The Morgan fingerprint density at radius 2 is 1.90 bits per heavy atom. The molecule has 1 N–H and O–H groups in total. The van der Waals surface area contributed by atoms with Crippen LogP contribution in [0.15, 0.2) is 57.3 Å². The monoisotopic (exact) mass is 457 g/mol. The van der Waals surface area contributed by atoms with Crippen molar-refractivity contribution < 1.29 is 0 Å². The Bertz CT molecular complexity index is 1420. The summed E-state index contributed by atoms with van der Waals surface area (Å²) in [6.07, 6.45) is 3.18. The number of hydrogen-bond donors (Lipinski definition) is 1. The number of imidazole rings is 1. The Hall–Kier alpha value is -3.43. The zero-order chi connectivity index (χ0) is 22.1. The van der Waals surface area contributed by atoms with Gasteiger partial charge in [-0.2, -0.15) is 10.1 Å². The van der Waals surface area contributed by atoms with Crippen molar-refractivity contribution in [3.05, 3.63) is 84.7 Å². The number of aromatic nitrogens is 5. The minimum Gasteiger partial charge on any atom is -0.306 e. The van der Waals surface area contributed by atoms with Crippen LogP contribution in [0.1, 0.15) is 11.3 Å². The predicted octanol–water partition coefficient (Wildman–Crippen LogP) is 2.63. The molecule has 31 heavy (non-hydrogen) atoms. The number of aryl methyl sites for hydroxylation is 2. The lowest BCUT2D eigenvalue weighted by Gasteiger charge is -2.09. The number of benzene rings is 1. The van der Waals surface area contributed by atoms with Crippen molar-refractivity contribution in [2.45, 2.75) is 6.54 Å². The van der Waals surface area contributed by atoms with Crippen LogP contribution in [0.4, 0.5) is 5.95 Å². The molecule has 4 aromatic rings. The molecule has 158 valence electrons. The van der Waals surface area contributed by atoms with E-state index in [2.05, 4.69) is 20.5 Å². The lowest BCUT2D eigenvalue weighted by molar-refractivity contribution is 0.655. The highest BCUT2D eigenvalue weighted by atomic mass is 35.5. The Kier molecular flexibility index (Phi) is 5.62. The minimum absolute atomic E-state index is 0.0457. The number of nitrogens with zero attached hydrogens (tertiary/aromatic N) is 6. The Morgan fingerprint density at radius 3 is 2.61 bits per heavy atom. The van der Waals surface area contributed by atoms with Crippen LogP contribution in [-0.2, 0) is 20.6 Å². The molecule has 0 amide bonds. The standard InChI is InChI=1S/C20H17Cl2N7O2/c1-27-16-17(25-19(27)26-24-10-13-5-3-4-8-23-13)28(2)20(31)29(18(16)30)11-12-6-7-14(21)15(22)9-12/h3-10H,11H2,1-2H3,(H,25,26)/b24-10+. The lowest BCUT2D eigenvalue weighted by atomic mass is 10.2. The van der Waals surface area contributed by atoms with E-state index in [9.17, 15) is 9.59 Å². The van der Waals surface area contributed by atoms with Crippen LogP contribution in [0.5, 0.6) is 0 Å². The van der Waals surface area contributed by atoms with Crippen molar-refractivity contribution in [3.8, 4) is 0 Å². The number of hydrazone groups is 1. The van der Waals surface area contributed by atoms with Crippen LogP contribution >= 0.6 is 23.2 Å². The van der Waals surface area contributed by atoms with Gasteiger partial charge in [0, 0.05) is 20.3 Å². The molecule has 3 heterocycles. The van der Waals surface area contributed by atoms with E-state index in [1.165, 1.54) is 10.8 Å². The van der Waals surface area contributed by atoms with Gasteiger partial charge < -0.3 is 4.57 Å². The molecule has 1 aromatic carbocycles. The number of rotatable bonds is 5. The first-order chi connectivity index (χ1) is 14.9. The Labute approximate surface area is 186 Å². The van der Waals surface area contributed by atoms with Crippen molar-refractivity contribution in [2.75, 3.05) is 5.43 Å². The third-order valence-corrected chi connectivity index (χ3v) is 5.47. The number of pyridine rings is 1. The highest BCUT2D eigenvalue weighted by molar-refractivity contribution is 6.42. The summed E-state index contributed by atoms with van der Waals surface area (Å²) in [4.78, 5) is 34.5. The molecule has 0 aliphatic rings. The third kappa shape index (κ3) is 3.97. The van der Waals surface area contributed by atoms with Gasteiger partial charge in [0.2, 0.25) is 5.95 Å². The summed E-state index contributed by atoms with van der Waals surface area (Å²) < 4.78 is 4.00. The van der Waals surface area contributed by atoms with E-state index in [0.717, 1.165) is 4.57 Å². The maximum atomic E-state index is 13.1. The molecule has 0 atom stereocenters. The molecular weight excluding hydrogens is 441 g/mol. The van der Waals surface area contributed by atoms with Crippen molar-refractivity contribution in [1.29, 1.82) is 0 Å². The van der Waals surface area contributed by atoms with Gasteiger partial charge >= 0.3 is 5.69 Å². The fourth-order valence-corrected chi connectivity index (χ4v) is 3.43. The second-order valence-corrected chi connectivity index (χ2v) is 7.59. The molecule has 0 fully saturated rings. The van der Waals surface area contributed by atoms with Crippen LogP contribution in [0.25, 0.3) is 11.2 Å². The van der Waals surface area contributed by atoms with E-state index in [-0.39, 0.29) is 17.7 Å². The molecule has 0 spiro atoms. The summed E-state index contributed by atoms with van der Waals surface area (Å²) in [6, 6.07) is 10.4. The Balaban J connectivity index is 1.74. The van der Waals surface area contributed by atoms with Gasteiger partial charge in [-0.15, -0.1) is 0 Å². The average Bonchev–Trinajstić information content (AvgIpc) is 3.09. The molecule has 0 bridgehead atoms. The topological polar surface area (TPSA) is 99.1 Å². The number of nitrogens with one attached hydrogen (secondary N) is 1. The van der Waals surface area contributed by atoms with Crippen molar-refractivity contribution in [1.82, 2.24) is 23.7 Å². The first kappa shape index (κ1) is 20.8. The van der Waals surface area contributed by atoms with Gasteiger partial charge in [0.15, 0.2) is 11.2 Å². The van der Waals surface area contributed by atoms with Crippen LogP contribution in [0.2, 0.25) is 10.0 Å². The molecule has 0 radical (unpaired) electrons. The van der Waals surface area contributed by atoms with Crippen molar-refractivity contribution in [2.24, 2.45) is 19.2 Å². The average molecular weight is 458 g/mol. The van der Waals surface area contributed by atoms with Crippen LogP contribution in [0.3, 0.4) is 0 Å². The van der Waals surface area contributed by atoms with Gasteiger partial charge in [-0.3, -0.25) is 18.9 Å². The van der Waals surface area contributed by atoms with E-state index in [4.69, 9.17) is 23.2 Å². The maximum Gasteiger partial charge on any atom is 0.332 e. The number of halogens is 2. The molecular formula is C20H17Cl2N7O2. The molecule has 11 heteroatoms. The summed E-state index contributed by atoms with van der Waals surface area (Å²) in [5.74, 6) is 0.307. The van der Waals surface area contributed by atoms with E-state index in [1.807, 2.05) is 6.07 Å². The summed E-state index contributed by atoms with van der Waals surface area (Å²) in [7, 11) is 3.23. The van der Waals surface area contributed by atoms with Crippen molar-refractivity contribution >= 4 is 46.5 Å². The fraction of sp³-hybridized carbons (Fsp3) is 0.150. The van der Waals surface area contributed by atoms with Crippen LogP contribution in [-0.4, -0.2) is 29.9 Å². The zero-order valence-corrected chi connectivity index (χ0v) is 18.1. The number of hydrogen-bond acceptors (Lipinski definition) is 6. The second kappa shape index (κ2) is 8.37. The molecule has 0 saturated heterocycles. The first-order valence-corrected chi connectivity index (χ1v) is 9.92. The summed E-state index contributed by atoms with van der Waals surface area (Å²) in [6.45, 7) is 0.0457. The minimum atomic E-state index is -0.495. The van der Waals surface area contributed by atoms with Crippen LogP contribution < -0.4 is 16.7 Å². The molecule has 0 unspecified atom stereocenters. The molecule has 3 aromatic heterocycles. The van der Waals surface area contributed by atoms with E-state index in [1.54, 1.807) is 55.2 Å². The molecule has 0 saturated carbocycles. The highest BCUT2D eigenvalue weighted by Crippen LogP contribution is 2.22. The smallest absolute Gasteiger partial charge is 0.306 e. The SMILES string of the molecule is Cn1c(N/N=C/c2ccccn2)nc2c1c(=O)n(Cc1ccc(Cl)c(Cl)c1)c(=O)n2C. The van der Waals surface area contributed by atoms with Gasteiger partial charge in [0.1, 0.15) is 0 Å². The summed E-state index contributed by atoms with van der Waals surface area (Å²) in [5.41, 5.74) is 3.67. The fourth-order valence-electron chi connectivity index (χ4n) is 3.11. The molecule has 0 aliphatic carbocycles. The largest absolute Gasteiger partial charge is 0.332 e. The normalized spacial score (nSPS) is 11.5. The second-order valence-electron chi connectivity index (χ2n) is 6.77. The van der Waals surface area contributed by atoms with Gasteiger partial charge in [-0.1, -0.05) is 35.3 Å². The van der Waals surface area contributed by atoms with Crippen LogP contribution in [0, 0.1) is 0 Å². The highest BCUT2D eigenvalue weighted by Gasteiger charge is 2.18. The van der Waals surface area contributed by atoms with E-state index < -0.39 is 11.2 Å². The maximum absolute atomic E-state index is 13.1. The number of fused-ring (bicyclic) bond motifs is 1. The molecule has 9 nitrogen and oxygen atoms in total. The summed E-state index contributed by atoms with van der Waals surface area (Å²) in [5, 5.41) is 4.86. The quantitative estimate of drug-likeness (QED) is 0.366. The van der Waals surface area contributed by atoms with E-state index in [0.29, 0.717) is 27.3 Å². The van der Waals surface area contributed by atoms with Crippen molar-refractivity contribution in [3.63, 3.8) is 0 Å². The zero-order valence-electron chi connectivity index (χ0n) is 16.6. The number of anilines is 1. The summed E-state index contributed by atoms with van der Waals surface area (Å²) >= 11 is 12.0. The predicted molar refractivity (Wildman–Crippen MR) is 121 cm³/mol. The van der Waals surface area contributed by atoms with Gasteiger partial charge in [0.05, 0.1) is 28.5 Å². The van der Waals surface area contributed by atoms with Gasteiger partial charge in [0.25, 0.3) is 5.56 Å². The molecule has 4 rings (SSSR count). The third-order valence-electron chi connectivity index (χ3n) is 4.73. The van der Waals surface area contributed by atoms with E-state index >= 15 is 0 Å². The first-order valence-electron chi connectivity index (χ1n) is 9.17. The lowest BCUT2D eigenvalue weighted by Crippen LogP contribution is -2.39.